The van der Waals surface area contributed by atoms with E-state index >= 15 is 0 Å². The normalized spacial score (nSPS) is 38.8. The highest BCUT2D eigenvalue weighted by atomic mass is 16.1. The van der Waals surface area contributed by atoms with E-state index in [2.05, 4.69) is 19.1 Å². The number of rotatable bonds is 2. The fourth-order valence-electron chi connectivity index (χ4n) is 5.71. The molecule has 0 N–H and O–H groups in total. The second-order valence-corrected chi connectivity index (χ2v) is 7.85. The van der Waals surface area contributed by atoms with E-state index in [4.69, 9.17) is 0 Å². The van der Waals surface area contributed by atoms with E-state index < -0.39 is 0 Å². The average Bonchev–Trinajstić information content (AvgIpc) is 2.98. The van der Waals surface area contributed by atoms with Gasteiger partial charge in [-0.25, -0.2) is 0 Å². The highest BCUT2D eigenvalue weighted by Gasteiger charge is 2.46. The average molecular weight is 310 g/mol. The lowest BCUT2D eigenvalue weighted by Gasteiger charge is -2.48. The molecule has 0 aromatic carbocycles. The van der Waals surface area contributed by atoms with Crippen LogP contribution in [0, 0.1) is 29.6 Å². The highest BCUT2D eigenvalue weighted by molar-refractivity contribution is 5.95. The summed E-state index contributed by atoms with van der Waals surface area (Å²) in [5.41, 5.74) is 3.98. The second-order valence-electron chi connectivity index (χ2n) is 7.85. The summed E-state index contributed by atoms with van der Waals surface area (Å²) in [6, 6.07) is 0. The molecule has 23 heavy (non-hydrogen) atoms. The Morgan fingerprint density at radius 3 is 2.74 bits per heavy atom. The van der Waals surface area contributed by atoms with E-state index in [0.717, 1.165) is 31.3 Å². The molecule has 1 unspecified atom stereocenters. The maximum absolute atomic E-state index is 12.2. The molecule has 2 nitrogen and oxygen atoms in total. The Bertz CT molecular complexity index is 649. The van der Waals surface area contributed by atoms with Gasteiger partial charge in [0.25, 0.3) is 0 Å². The molecule has 122 valence electrons. The molecule has 4 aliphatic carbocycles. The van der Waals surface area contributed by atoms with Gasteiger partial charge in [-0.05, 0) is 69.3 Å². The Hall–Kier alpha value is -1.44. The van der Waals surface area contributed by atoms with Gasteiger partial charge >= 0.3 is 0 Å². The van der Waals surface area contributed by atoms with E-state index in [9.17, 15) is 9.59 Å². The van der Waals surface area contributed by atoms with Crippen molar-refractivity contribution in [2.24, 2.45) is 29.6 Å². The number of carbonyl (C=O) groups is 2. The van der Waals surface area contributed by atoms with Crippen molar-refractivity contribution in [2.75, 3.05) is 0 Å². The standard InChI is InChI=1S/C21H26O2/c1-3-13-10-20-14(11-21(13)23)4-5-17-18-7-6-15(12(2)22)16(18)8-9-19(17)20/h6-7,11,13,16-17,19-20H,3-5,8-10H2,1-2H3/t13?,16-,17+,19+,20+/m1/s1. The van der Waals surface area contributed by atoms with Crippen LogP contribution >= 0.6 is 0 Å². The lowest BCUT2D eigenvalue weighted by molar-refractivity contribution is -0.120. The first kappa shape index (κ1) is 15.1. The van der Waals surface area contributed by atoms with Crippen LogP contribution in [0.1, 0.15) is 52.4 Å². The highest BCUT2D eigenvalue weighted by Crippen LogP contribution is 2.55. The summed E-state index contributed by atoms with van der Waals surface area (Å²) < 4.78 is 0. The van der Waals surface area contributed by atoms with Crippen LogP contribution in [0.3, 0.4) is 0 Å². The Morgan fingerprint density at radius 1 is 1.17 bits per heavy atom. The van der Waals surface area contributed by atoms with E-state index in [0.29, 0.717) is 29.5 Å². The molecule has 2 saturated carbocycles. The van der Waals surface area contributed by atoms with Gasteiger partial charge in [0.1, 0.15) is 0 Å². The zero-order valence-electron chi connectivity index (χ0n) is 14.2. The van der Waals surface area contributed by atoms with Crippen molar-refractivity contribution < 1.29 is 9.59 Å². The Labute approximate surface area is 138 Å². The summed E-state index contributed by atoms with van der Waals surface area (Å²) in [5, 5.41) is 0. The van der Waals surface area contributed by atoms with Crippen molar-refractivity contribution in [1.29, 1.82) is 0 Å². The molecule has 0 radical (unpaired) electrons. The minimum absolute atomic E-state index is 0.240. The van der Waals surface area contributed by atoms with Crippen molar-refractivity contribution in [3.05, 3.63) is 34.9 Å². The monoisotopic (exact) mass is 310 g/mol. The van der Waals surface area contributed by atoms with Crippen LogP contribution in [0.2, 0.25) is 0 Å². The zero-order valence-corrected chi connectivity index (χ0v) is 14.2. The van der Waals surface area contributed by atoms with E-state index in [1.165, 1.54) is 24.0 Å². The Balaban J connectivity index is 1.60. The van der Waals surface area contributed by atoms with E-state index in [1.807, 2.05) is 6.08 Å². The van der Waals surface area contributed by atoms with Crippen molar-refractivity contribution in [3.8, 4) is 0 Å². The molecule has 2 heteroatoms. The maximum atomic E-state index is 12.2. The van der Waals surface area contributed by atoms with Crippen molar-refractivity contribution >= 4 is 11.6 Å². The smallest absolute Gasteiger partial charge is 0.158 e. The van der Waals surface area contributed by atoms with E-state index in [1.54, 1.807) is 6.92 Å². The number of fused-ring (bicyclic) bond motifs is 5. The summed E-state index contributed by atoms with van der Waals surface area (Å²) in [6.07, 6.45) is 12.9. The van der Waals surface area contributed by atoms with Gasteiger partial charge in [0, 0.05) is 17.4 Å². The Morgan fingerprint density at radius 2 is 2.00 bits per heavy atom. The predicted octanol–water partition coefficient (Wildman–Crippen LogP) is 4.42. The molecule has 0 bridgehead atoms. The fourth-order valence-corrected chi connectivity index (χ4v) is 5.71. The molecule has 0 aliphatic heterocycles. The van der Waals surface area contributed by atoms with Gasteiger partial charge < -0.3 is 0 Å². The number of hydrogen-bond donors (Lipinski definition) is 0. The first-order chi connectivity index (χ1) is 11.1. The van der Waals surface area contributed by atoms with Crippen LogP contribution < -0.4 is 0 Å². The van der Waals surface area contributed by atoms with Crippen LogP contribution in [0.5, 0.6) is 0 Å². The largest absolute Gasteiger partial charge is 0.295 e. The number of Topliss-reactive ketones (excluding diaryl/α,β-unsaturated/α-hetero) is 1. The minimum Gasteiger partial charge on any atom is -0.295 e. The third-order valence-electron chi connectivity index (χ3n) is 6.87. The van der Waals surface area contributed by atoms with Crippen molar-refractivity contribution in [2.45, 2.75) is 52.4 Å². The van der Waals surface area contributed by atoms with Gasteiger partial charge in [-0.1, -0.05) is 30.2 Å². The number of ketones is 2. The lowest BCUT2D eigenvalue weighted by Crippen LogP contribution is -2.40. The molecule has 0 saturated heterocycles. The van der Waals surface area contributed by atoms with Crippen LogP contribution in [-0.2, 0) is 9.59 Å². The molecule has 5 atom stereocenters. The molecular formula is C21H26O2. The number of hydrogen-bond acceptors (Lipinski definition) is 2. The Kier molecular flexibility index (Phi) is 3.66. The summed E-state index contributed by atoms with van der Waals surface area (Å²) in [4.78, 5) is 24.1. The molecule has 4 rings (SSSR count). The first-order valence-corrected chi connectivity index (χ1v) is 9.27. The van der Waals surface area contributed by atoms with Crippen molar-refractivity contribution in [1.82, 2.24) is 0 Å². The SMILES string of the molecule is CCC1C[C@H]2C(=CC1=O)CC[C@H]1C3=CC=C(C(C)=O)[C@H]3CC[C@H]21. The van der Waals surface area contributed by atoms with Gasteiger partial charge in [-0.3, -0.25) is 9.59 Å². The molecule has 0 spiro atoms. The molecule has 2 fully saturated rings. The van der Waals surface area contributed by atoms with Crippen LogP contribution in [-0.4, -0.2) is 11.6 Å². The summed E-state index contributed by atoms with van der Waals surface area (Å²) >= 11 is 0. The topological polar surface area (TPSA) is 34.1 Å². The van der Waals surface area contributed by atoms with Gasteiger partial charge in [0.15, 0.2) is 11.6 Å². The van der Waals surface area contributed by atoms with E-state index in [-0.39, 0.29) is 11.7 Å². The van der Waals surface area contributed by atoms with Crippen LogP contribution in [0.15, 0.2) is 34.9 Å². The quantitative estimate of drug-likeness (QED) is 0.756. The third-order valence-corrected chi connectivity index (χ3v) is 6.87. The zero-order chi connectivity index (χ0) is 16.1. The maximum Gasteiger partial charge on any atom is 0.158 e. The number of allylic oxidation sites excluding steroid dienone is 6. The molecule has 0 amide bonds. The predicted molar refractivity (Wildman–Crippen MR) is 90.8 cm³/mol. The number of carbonyl (C=O) groups excluding carboxylic acids is 2. The molecule has 0 aromatic rings. The van der Waals surface area contributed by atoms with Gasteiger partial charge in [-0.15, -0.1) is 0 Å². The van der Waals surface area contributed by atoms with Crippen molar-refractivity contribution in [3.63, 3.8) is 0 Å². The summed E-state index contributed by atoms with van der Waals surface area (Å²) in [5.74, 6) is 3.18. The lowest BCUT2D eigenvalue weighted by atomic mass is 9.56. The van der Waals surface area contributed by atoms with Gasteiger partial charge in [0.2, 0.25) is 0 Å². The molecule has 0 heterocycles. The molecule has 4 aliphatic rings. The van der Waals surface area contributed by atoms with Crippen LogP contribution in [0.4, 0.5) is 0 Å². The first-order valence-electron chi connectivity index (χ1n) is 9.27. The minimum atomic E-state index is 0.240. The van der Waals surface area contributed by atoms with Crippen LogP contribution in [0.25, 0.3) is 0 Å². The van der Waals surface area contributed by atoms with Gasteiger partial charge in [0.05, 0.1) is 0 Å². The fraction of sp³-hybridized carbons (Fsp3) is 0.619. The molecular weight excluding hydrogens is 284 g/mol. The third kappa shape index (κ3) is 2.29. The summed E-state index contributed by atoms with van der Waals surface area (Å²) in [7, 11) is 0. The van der Waals surface area contributed by atoms with Gasteiger partial charge in [-0.2, -0.15) is 0 Å². The second kappa shape index (κ2) is 5.58. The summed E-state index contributed by atoms with van der Waals surface area (Å²) in [6.45, 7) is 3.84. The molecule has 0 aromatic heterocycles.